The molecule has 3 N–H and O–H groups in total. The van der Waals surface area contributed by atoms with Crippen molar-refractivity contribution in [2.45, 2.75) is 19.9 Å². The summed E-state index contributed by atoms with van der Waals surface area (Å²) < 4.78 is 0. The fourth-order valence-electron chi connectivity index (χ4n) is 1.75. The topological polar surface area (TPSA) is 59.1 Å². The number of pyridine rings is 1. The van der Waals surface area contributed by atoms with Crippen molar-refractivity contribution in [2.75, 3.05) is 6.61 Å². The van der Waals surface area contributed by atoms with Gasteiger partial charge in [-0.2, -0.15) is 0 Å². The van der Waals surface area contributed by atoms with E-state index in [9.17, 15) is 5.11 Å². The minimum atomic E-state index is -0.366. The molecule has 2 aromatic rings. The van der Waals surface area contributed by atoms with Crippen LogP contribution in [-0.4, -0.2) is 16.7 Å². The highest BCUT2D eigenvalue weighted by Crippen LogP contribution is 2.30. The van der Waals surface area contributed by atoms with Crippen LogP contribution < -0.4 is 5.73 Å². The molecule has 1 aromatic carbocycles. The molecule has 0 fully saturated rings. The Morgan fingerprint density at radius 2 is 1.89 bits per heavy atom. The molecular weight excluding hydrogens is 248 g/mol. The summed E-state index contributed by atoms with van der Waals surface area (Å²) in [5.74, 6) is 0. The minimum absolute atomic E-state index is 0. The van der Waals surface area contributed by atoms with Crippen LogP contribution >= 0.6 is 12.4 Å². The molecular formula is C14H19ClN2O. The van der Waals surface area contributed by atoms with Crippen molar-refractivity contribution in [3.05, 3.63) is 42.1 Å². The summed E-state index contributed by atoms with van der Waals surface area (Å²) in [4.78, 5) is 4.55. The van der Waals surface area contributed by atoms with E-state index < -0.39 is 0 Å². The lowest BCUT2D eigenvalue weighted by atomic mass is 9.84. The van der Waals surface area contributed by atoms with E-state index in [0.717, 1.165) is 16.6 Å². The van der Waals surface area contributed by atoms with Gasteiger partial charge >= 0.3 is 0 Å². The fraction of sp³-hybridized carbons (Fsp3) is 0.357. The molecule has 18 heavy (non-hydrogen) atoms. The lowest BCUT2D eigenvalue weighted by molar-refractivity contribution is 0.131. The van der Waals surface area contributed by atoms with Crippen molar-refractivity contribution in [3.8, 4) is 0 Å². The van der Waals surface area contributed by atoms with Crippen LogP contribution in [0.15, 0.2) is 36.4 Å². The maximum absolute atomic E-state index is 9.33. The lowest BCUT2D eigenvalue weighted by Crippen LogP contribution is -2.33. The number of hydrogen-bond acceptors (Lipinski definition) is 3. The Kier molecular flexibility index (Phi) is 4.68. The van der Waals surface area contributed by atoms with Crippen LogP contribution in [0.2, 0.25) is 0 Å². The number of aromatic nitrogens is 1. The molecule has 0 aliphatic heterocycles. The van der Waals surface area contributed by atoms with Gasteiger partial charge in [0.1, 0.15) is 0 Å². The van der Waals surface area contributed by atoms with Gasteiger partial charge in [-0.05, 0) is 12.1 Å². The first kappa shape index (κ1) is 14.9. The summed E-state index contributed by atoms with van der Waals surface area (Å²) in [6, 6.07) is 11.6. The number of nitrogens with zero attached hydrogens (tertiary/aromatic N) is 1. The number of halogens is 1. The number of hydrogen-bond donors (Lipinski definition) is 2. The zero-order valence-electron chi connectivity index (χ0n) is 10.6. The van der Waals surface area contributed by atoms with E-state index in [1.807, 2.05) is 50.2 Å². The summed E-state index contributed by atoms with van der Waals surface area (Å²) in [6.45, 7) is 3.92. The van der Waals surface area contributed by atoms with Crippen molar-refractivity contribution in [3.63, 3.8) is 0 Å². The van der Waals surface area contributed by atoms with Gasteiger partial charge in [0.15, 0.2) is 0 Å². The molecule has 0 bridgehead atoms. The Morgan fingerprint density at radius 3 is 2.56 bits per heavy atom. The average molecular weight is 267 g/mol. The Morgan fingerprint density at radius 1 is 1.22 bits per heavy atom. The highest BCUT2D eigenvalue weighted by Gasteiger charge is 2.27. The number of rotatable bonds is 3. The molecule has 1 atom stereocenters. The van der Waals surface area contributed by atoms with E-state index in [0.29, 0.717) is 0 Å². The van der Waals surface area contributed by atoms with Gasteiger partial charge in [-0.15, -0.1) is 12.4 Å². The molecule has 0 radical (unpaired) electrons. The van der Waals surface area contributed by atoms with E-state index in [4.69, 9.17) is 5.73 Å². The molecule has 0 spiro atoms. The fourth-order valence-corrected chi connectivity index (χ4v) is 1.75. The SMILES string of the molecule is CC(C)(CO)[C@@H](N)c1ccc2ccccc2n1.Cl. The number of aliphatic hydroxyl groups is 1. The molecule has 1 aromatic heterocycles. The summed E-state index contributed by atoms with van der Waals surface area (Å²) in [5, 5.41) is 10.4. The maximum Gasteiger partial charge on any atom is 0.0706 e. The quantitative estimate of drug-likeness (QED) is 0.898. The van der Waals surface area contributed by atoms with E-state index in [1.54, 1.807) is 0 Å². The maximum atomic E-state index is 9.33. The van der Waals surface area contributed by atoms with Gasteiger partial charge in [0, 0.05) is 10.8 Å². The normalized spacial score (nSPS) is 13.1. The molecule has 0 unspecified atom stereocenters. The van der Waals surface area contributed by atoms with Crippen molar-refractivity contribution in [1.29, 1.82) is 0 Å². The minimum Gasteiger partial charge on any atom is -0.396 e. The molecule has 0 saturated heterocycles. The van der Waals surface area contributed by atoms with Crippen LogP contribution in [0, 0.1) is 5.41 Å². The highest BCUT2D eigenvalue weighted by atomic mass is 35.5. The van der Waals surface area contributed by atoms with Gasteiger partial charge in [-0.25, -0.2) is 0 Å². The zero-order chi connectivity index (χ0) is 12.5. The van der Waals surface area contributed by atoms with Crippen molar-refractivity contribution >= 4 is 23.3 Å². The summed E-state index contributed by atoms with van der Waals surface area (Å²) in [6.07, 6.45) is 0. The van der Waals surface area contributed by atoms with Gasteiger partial charge in [-0.3, -0.25) is 4.98 Å². The predicted molar refractivity (Wildman–Crippen MR) is 76.8 cm³/mol. The molecule has 0 aliphatic rings. The van der Waals surface area contributed by atoms with Gasteiger partial charge in [-0.1, -0.05) is 38.1 Å². The number of benzene rings is 1. The number of nitrogens with two attached hydrogens (primary N) is 1. The molecule has 0 aliphatic carbocycles. The van der Waals surface area contributed by atoms with Gasteiger partial charge < -0.3 is 10.8 Å². The third-order valence-electron chi connectivity index (χ3n) is 3.19. The molecule has 0 saturated carbocycles. The second-order valence-electron chi connectivity index (χ2n) is 5.05. The summed E-state index contributed by atoms with van der Waals surface area (Å²) >= 11 is 0. The first-order chi connectivity index (χ1) is 8.04. The van der Waals surface area contributed by atoms with Crippen molar-refractivity contribution in [2.24, 2.45) is 11.1 Å². The van der Waals surface area contributed by atoms with Crippen LogP contribution in [0.25, 0.3) is 10.9 Å². The van der Waals surface area contributed by atoms with Crippen molar-refractivity contribution in [1.82, 2.24) is 4.98 Å². The molecule has 0 amide bonds. The zero-order valence-corrected chi connectivity index (χ0v) is 11.4. The van der Waals surface area contributed by atoms with E-state index in [-0.39, 0.29) is 30.5 Å². The summed E-state index contributed by atoms with van der Waals surface area (Å²) in [5.41, 5.74) is 7.55. The van der Waals surface area contributed by atoms with Gasteiger partial charge in [0.2, 0.25) is 0 Å². The van der Waals surface area contributed by atoms with Crippen LogP contribution in [0.1, 0.15) is 25.6 Å². The third-order valence-corrected chi connectivity index (χ3v) is 3.19. The Bertz CT molecular complexity index is 528. The van der Waals surface area contributed by atoms with Crippen LogP contribution in [-0.2, 0) is 0 Å². The molecule has 2 rings (SSSR count). The summed E-state index contributed by atoms with van der Waals surface area (Å²) in [7, 11) is 0. The predicted octanol–water partition coefficient (Wildman–Crippen LogP) is 2.67. The molecule has 3 nitrogen and oxygen atoms in total. The Hall–Kier alpha value is -1.16. The second-order valence-corrected chi connectivity index (χ2v) is 5.05. The van der Waals surface area contributed by atoms with E-state index >= 15 is 0 Å². The number of fused-ring (bicyclic) bond motifs is 1. The standard InChI is InChI=1S/C14H18N2O.ClH/c1-14(2,9-17)13(15)12-8-7-10-5-3-4-6-11(10)16-12;/h3-8,13,17H,9,15H2,1-2H3;1H/t13-;/m0./s1. The molecule has 1 heterocycles. The van der Waals surface area contributed by atoms with Gasteiger partial charge in [0.25, 0.3) is 0 Å². The van der Waals surface area contributed by atoms with Crippen LogP contribution in [0.3, 0.4) is 0 Å². The second kappa shape index (κ2) is 5.65. The van der Waals surface area contributed by atoms with E-state index in [1.165, 1.54) is 0 Å². The van der Waals surface area contributed by atoms with Crippen molar-refractivity contribution < 1.29 is 5.11 Å². The molecule has 98 valence electrons. The van der Waals surface area contributed by atoms with Crippen LogP contribution in [0.4, 0.5) is 0 Å². The lowest BCUT2D eigenvalue weighted by Gasteiger charge is -2.29. The third kappa shape index (κ3) is 2.80. The number of para-hydroxylation sites is 1. The first-order valence-corrected chi connectivity index (χ1v) is 5.77. The highest BCUT2D eigenvalue weighted by molar-refractivity contribution is 5.85. The largest absolute Gasteiger partial charge is 0.396 e. The average Bonchev–Trinajstić information content (AvgIpc) is 2.37. The van der Waals surface area contributed by atoms with Gasteiger partial charge in [0.05, 0.1) is 23.9 Å². The Balaban J connectivity index is 0.00000162. The monoisotopic (exact) mass is 266 g/mol. The number of aliphatic hydroxyl groups excluding tert-OH is 1. The van der Waals surface area contributed by atoms with E-state index in [2.05, 4.69) is 4.98 Å². The Labute approximate surface area is 113 Å². The smallest absolute Gasteiger partial charge is 0.0706 e. The molecule has 4 heteroatoms. The van der Waals surface area contributed by atoms with Crippen LogP contribution in [0.5, 0.6) is 0 Å². The first-order valence-electron chi connectivity index (χ1n) is 5.77.